The second-order valence-corrected chi connectivity index (χ2v) is 7.64. The second-order valence-electron chi connectivity index (χ2n) is 5.72. The molecule has 28 heavy (non-hydrogen) atoms. The van der Waals surface area contributed by atoms with Crippen molar-refractivity contribution in [2.75, 3.05) is 11.9 Å². The zero-order valence-electron chi connectivity index (χ0n) is 15.4. The highest BCUT2D eigenvalue weighted by Gasteiger charge is 2.15. The van der Waals surface area contributed by atoms with Gasteiger partial charge in [-0.05, 0) is 26.0 Å². The Labute approximate surface area is 170 Å². The Morgan fingerprint density at radius 3 is 2.64 bits per heavy atom. The minimum Gasteiger partial charge on any atom is -0.486 e. The maximum absolute atomic E-state index is 12.7. The van der Waals surface area contributed by atoms with Gasteiger partial charge in [0.05, 0.1) is 35.0 Å². The number of rotatable bonds is 8. The van der Waals surface area contributed by atoms with Crippen LogP contribution in [0, 0.1) is 6.92 Å². The Hall–Kier alpha value is -2.78. The van der Waals surface area contributed by atoms with Crippen LogP contribution in [0.2, 0.25) is 0 Å². The standard InChI is InChI=1S/C19H19N3O4S2/c1-3-25-17(23)8-13-10-28-19(21-13)22-18(24)15-6-4-5-7-16(15)26-9-14-11-27-12(2)20-14/h4-7,10-11H,3,8-9H2,1-2H3,(H,21,22,24). The van der Waals surface area contributed by atoms with Gasteiger partial charge < -0.3 is 9.47 Å². The van der Waals surface area contributed by atoms with Crippen molar-refractivity contribution in [3.8, 4) is 5.75 Å². The fourth-order valence-corrected chi connectivity index (χ4v) is 3.68. The monoisotopic (exact) mass is 417 g/mol. The van der Waals surface area contributed by atoms with Gasteiger partial charge in [-0.1, -0.05) is 12.1 Å². The van der Waals surface area contributed by atoms with Gasteiger partial charge in [-0.3, -0.25) is 14.9 Å². The molecule has 0 aliphatic rings. The molecule has 0 aliphatic heterocycles. The predicted molar refractivity (Wildman–Crippen MR) is 108 cm³/mol. The maximum atomic E-state index is 12.7. The van der Waals surface area contributed by atoms with E-state index in [1.165, 1.54) is 11.3 Å². The Balaban J connectivity index is 1.64. The highest BCUT2D eigenvalue weighted by Crippen LogP contribution is 2.23. The smallest absolute Gasteiger partial charge is 0.311 e. The SMILES string of the molecule is CCOC(=O)Cc1csc(NC(=O)c2ccccc2OCc2csc(C)n2)n1. The van der Waals surface area contributed by atoms with Gasteiger partial charge in [0.25, 0.3) is 5.91 Å². The summed E-state index contributed by atoms with van der Waals surface area (Å²) < 4.78 is 10.7. The zero-order valence-corrected chi connectivity index (χ0v) is 17.1. The molecule has 0 unspecified atom stereocenters. The van der Waals surface area contributed by atoms with E-state index >= 15 is 0 Å². The molecule has 0 saturated carbocycles. The summed E-state index contributed by atoms with van der Waals surface area (Å²) in [5, 5.41) is 7.78. The first-order valence-electron chi connectivity index (χ1n) is 8.59. The molecule has 0 spiro atoms. The van der Waals surface area contributed by atoms with Crippen molar-refractivity contribution < 1.29 is 19.1 Å². The molecular weight excluding hydrogens is 398 g/mol. The molecule has 1 aromatic carbocycles. The largest absolute Gasteiger partial charge is 0.486 e. The molecule has 0 bridgehead atoms. The Morgan fingerprint density at radius 2 is 1.89 bits per heavy atom. The van der Waals surface area contributed by atoms with Gasteiger partial charge in [0.15, 0.2) is 5.13 Å². The summed E-state index contributed by atoms with van der Waals surface area (Å²) in [6, 6.07) is 6.99. The maximum Gasteiger partial charge on any atom is 0.311 e. The topological polar surface area (TPSA) is 90.4 Å². The van der Waals surface area contributed by atoms with Crippen LogP contribution in [0.15, 0.2) is 35.0 Å². The van der Waals surface area contributed by atoms with Crippen LogP contribution >= 0.6 is 22.7 Å². The molecule has 0 fully saturated rings. The first kappa shape index (κ1) is 20.0. The van der Waals surface area contributed by atoms with E-state index in [0.29, 0.717) is 28.7 Å². The van der Waals surface area contributed by atoms with Crippen molar-refractivity contribution in [3.63, 3.8) is 0 Å². The fourth-order valence-electron chi connectivity index (χ4n) is 2.38. The first-order chi connectivity index (χ1) is 13.5. The molecule has 2 aromatic heterocycles. The number of nitrogens with zero attached hydrogens (tertiary/aromatic N) is 2. The van der Waals surface area contributed by atoms with Gasteiger partial charge in [0.1, 0.15) is 12.4 Å². The van der Waals surface area contributed by atoms with E-state index in [0.717, 1.165) is 10.7 Å². The number of anilines is 1. The van der Waals surface area contributed by atoms with E-state index in [4.69, 9.17) is 9.47 Å². The first-order valence-corrected chi connectivity index (χ1v) is 10.3. The minimum absolute atomic E-state index is 0.0764. The summed E-state index contributed by atoms with van der Waals surface area (Å²) in [4.78, 5) is 32.8. The molecule has 0 atom stereocenters. The third-order valence-electron chi connectivity index (χ3n) is 3.58. The number of ether oxygens (including phenoxy) is 2. The summed E-state index contributed by atoms with van der Waals surface area (Å²) in [5.41, 5.74) is 1.78. The van der Waals surface area contributed by atoms with Gasteiger partial charge >= 0.3 is 5.97 Å². The van der Waals surface area contributed by atoms with Crippen LogP contribution in [-0.4, -0.2) is 28.5 Å². The molecule has 0 saturated heterocycles. The third-order valence-corrected chi connectivity index (χ3v) is 5.21. The van der Waals surface area contributed by atoms with E-state index in [1.54, 1.807) is 47.9 Å². The summed E-state index contributed by atoms with van der Waals surface area (Å²) in [7, 11) is 0. The van der Waals surface area contributed by atoms with Crippen molar-refractivity contribution in [2.24, 2.45) is 0 Å². The number of carbonyl (C=O) groups excluding carboxylic acids is 2. The lowest BCUT2D eigenvalue weighted by Crippen LogP contribution is -2.14. The number of hydrogen-bond acceptors (Lipinski definition) is 8. The lowest BCUT2D eigenvalue weighted by Gasteiger charge is -2.10. The van der Waals surface area contributed by atoms with Crippen molar-refractivity contribution in [3.05, 3.63) is 57.0 Å². The Bertz CT molecular complexity index is 968. The van der Waals surface area contributed by atoms with Crippen LogP contribution in [0.5, 0.6) is 5.75 Å². The lowest BCUT2D eigenvalue weighted by molar-refractivity contribution is -0.142. The number of aryl methyl sites for hydroxylation is 1. The number of amides is 1. The molecule has 0 aliphatic carbocycles. The molecule has 3 rings (SSSR count). The average molecular weight is 418 g/mol. The zero-order chi connectivity index (χ0) is 19.9. The summed E-state index contributed by atoms with van der Waals surface area (Å²) >= 11 is 2.80. The minimum atomic E-state index is -0.346. The van der Waals surface area contributed by atoms with Crippen molar-refractivity contribution in [2.45, 2.75) is 26.9 Å². The van der Waals surface area contributed by atoms with E-state index in [2.05, 4.69) is 15.3 Å². The summed E-state index contributed by atoms with van der Waals surface area (Å²) in [6.45, 7) is 4.29. The van der Waals surface area contributed by atoms with Gasteiger partial charge in [-0.2, -0.15) is 0 Å². The van der Waals surface area contributed by atoms with Gasteiger partial charge in [0.2, 0.25) is 0 Å². The number of para-hydroxylation sites is 1. The third kappa shape index (κ3) is 5.37. The number of benzene rings is 1. The van der Waals surface area contributed by atoms with Gasteiger partial charge in [0, 0.05) is 10.8 Å². The van der Waals surface area contributed by atoms with Crippen LogP contribution in [0.3, 0.4) is 0 Å². The molecule has 0 radical (unpaired) electrons. The molecule has 1 N–H and O–H groups in total. The number of carbonyl (C=O) groups is 2. The van der Waals surface area contributed by atoms with Crippen molar-refractivity contribution >= 4 is 39.7 Å². The molecular formula is C19H19N3O4S2. The molecule has 9 heteroatoms. The number of hydrogen-bond donors (Lipinski definition) is 1. The van der Waals surface area contributed by atoms with Crippen LogP contribution < -0.4 is 10.1 Å². The van der Waals surface area contributed by atoms with E-state index < -0.39 is 0 Å². The Morgan fingerprint density at radius 1 is 1.11 bits per heavy atom. The molecule has 2 heterocycles. The summed E-state index contributed by atoms with van der Waals surface area (Å²) in [6.07, 6.45) is 0.0764. The molecule has 7 nitrogen and oxygen atoms in total. The van der Waals surface area contributed by atoms with Crippen LogP contribution in [0.25, 0.3) is 0 Å². The van der Waals surface area contributed by atoms with Gasteiger partial charge in [-0.15, -0.1) is 22.7 Å². The number of nitrogens with one attached hydrogen (secondary N) is 1. The summed E-state index contributed by atoms with van der Waals surface area (Å²) in [5.74, 6) is -0.210. The van der Waals surface area contributed by atoms with E-state index in [9.17, 15) is 9.59 Å². The number of aromatic nitrogens is 2. The quantitative estimate of drug-likeness (QED) is 0.560. The highest BCUT2D eigenvalue weighted by atomic mass is 32.1. The van der Waals surface area contributed by atoms with Crippen molar-refractivity contribution in [1.82, 2.24) is 9.97 Å². The number of esters is 1. The van der Waals surface area contributed by atoms with Crippen LogP contribution in [0.1, 0.15) is 33.7 Å². The average Bonchev–Trinajstić information content (AvgIpc) is 3.29. The van der Waals surface area contributed by atoms with Crippen molar-refractivity contribution in [1.29, 1.82) is 0 Å². The predicted octanol–water partition coefficient (Wildman–Crippen LogP) is 3.84. The highest BCUT2D eigenvalue weighted by molar-refractivity contribution is 7.14. The molecule has 3 aromatic rings. The molecule has 146 valence electrons. The fraction of sp³-hybridized carbons (Fsp3) is 0.263. The van der Waals surface area contributed by atoms with Gasteiger partial charge in [-0.25, -0.2) is 9.97 Å². The number of thiazole rings is 2. The molecule has 1 amide bonds. The Kier molecular flexibility index (Phi) is 6.72. The second kappa shape index (κ2) is 9.43. The normalized spacial score (nSPS) is 10.5. The van der Waals surface area contributed by atoms with E-state index in [1.807, 2.05) is 12.3 Å². The van der Waals surface area contributed by atoms with E-state index in [-0.39, 0.29) is 24.9 Å². The van der Waals surface area contributed by atoms with Crippen LogP contribution in [0.4, 0.5) is 5.13 Å². The lowest BCUT2D eigenvalue weighted by atomic mass is 10.2. The van der Waals surface area contributed by atoms with Crippen LogP contribution in [-0.2, 0) is 22.6 Å².